The number of nitrogens with zero attached hydrogens (tertiary/aromatic N) is 2. The van der Waals surface area contributed by atoms with Crippen LogP contribution in [0.2, 0.25) is 0 Å². The zero-order chi connectivity index (χ0) is 13.2. The van der Waals surface area contributed by atoms with Gasteiger partial charge in [-0.05, 0) is 18.1 Å². The Labute approximate surface area is 117 Å². The van der Waals surface area contributed by atoms with E-state index in [-0.39, 0.29) is 17.8 Å². The third-order valence-electron chi connectivity index (χ3n) is 3.69. The highest BCUT2D eigenvalue weighted by atomic mass is 32.2. The molecule has 1 heterocycles. The maximum absolute atomic E-state index is 13.7. The molecule has 2 unspecified atom stereocenters. The Balaban J connectivity index is 1.65. The summed E-state index contributed by atoms with van der Waals surface area (Å²) in [4.78, 5) is 6.69. The van der Waals surface area contributed by atoms with Gasteiger partial charge in [0.05, 0.1) is 6.04 Å². The average molecular weight is 279 g/mol. The van der Waals surface area contributed by atoms with Crippen LogP contribution in [0, 0.1) is 5.82 Å². The van der Waals surface area contributed by atoms with Crippen LogP contribution in [0.4, 0.5) is 4.39 Å². The van der Waals surface area contributed by atoms with Gasteiger partial charge < -0.3 is 10.6 Å². The van der Waals surface area contributed by atoms with Gasteiger partial charge in [-0.3, -0.25) is 0 Å². The smallest absolute Gasteiger partial charge is 0.191 e. The fourth-order valence-electron chi connectivity index (χ4n) is 2.48. The largest absolute Gasteiger partial charge is 0.370 e. The summed E-state index contributed by atoms with van der Waals surface area (Å²) in [5.41, 5.74) is 6.82. The summed E-state index contributed by atoms with van der Waals surface area (Å²) in [6, 6.07) is 7.12. The molecule has 0 bridgehead atoms. The fraction of sp³-hybridized carbons (Fsp3) is 0.500. The minimum Gasteiger partial charge on any atom is -0.370 e. The van der Waals surface area contributed by atoms with Crippen molar-refractivity contribution in [3.63, 3.8) is 0 Å². The molecule has 0 amide bonds. The summed E-state index contributed by atoms with van der Waals surface area (Å²) >= 11 is 1.95. The lowest BCUT2D eigenvalue weighted by atomic mass is 10.1. The van der Waals surface area contributed by atoms with Crippen molar-refractivity contribution >= 4 is 17.7 Å². The van der Waals surface area contributed by atoms with Crippen molar-refractivity contribution in [2.75, 3.05) is 24.6 Å². The van der Waals surface area contributed by atoms with Gasteiger partial charge in [-0.15, -0.1) is 0 Å². The standard InChI is InChI=1S/C14H18FN3S/c15-12-4-2-1-3-10(12)11-9-13(11)17-14(16)18-5-7-19-8-6-18/h1-4,11,13H,5-9H2,(H2,16,17). The number of guanidine groups is 1. The number of hydrogen-bond acceptors (Lipinski definition) is 2. The second kappa shape index (κ2) is 5.41. The number of aliphatic imine (C=N–C) groups is 1. The van der Waals surface area contributed by atoms with Crippen LogP contribution >= 0.6 is 11.8 Å². The highest BCUT2D eigenvalue weighted by Crippen LogP contribution is 2.44. The summed E-state index contributed by atoms with van der Waals surface area (Å²) in [5.74, 6) is 2.93. The van der Waals surface area contributed by atoms with Crippen LogP contribution in [0.3, 0.4) is 0 Å². The van der Waals surface area contributed by atoms with E-state index in [2.05, 4.69) is 9.89 Å². The molecule has 3 rings (SSSR count). The number of hydrogen-bond donors (Lipinski definition) is 1. The molecule has 1 saturated carbocycles. The molecule has 0 aromatic heterocycles. The van der Waals surface area contributed by atoms with E-state index in [1.54, 1.807) is 6.07 Å². The maximum atomic E-state index is 13.7. The molecule has 2 aliphatic rings. The van der Waals surface area contributed by atoms with Crippen molar-refractivity contribution in [2.45, 2.75) is 18.4 Å². The van der Waals surface area contributed by atoms with E-state index in [0.717, 1.165) is 36.6 Å². The molecule has 1 aromatic rings. The van der Waals surface area contributed by atoms with Crippen molar-refractivity contribution in [3.05, 3.63) is 35.6 Å². The van der Waals surface area contributed by atoms with Crippen LogP contribution in [0.25, 0.3) is 0 Å². The van der Waals surface area contributed by atoms with Gasteiger partial charge in [0.15, 0.2) is 5.96 Å². The lowest BCUT2D eigenvalue weighted by Crippen LogP contribution is -2.42. The minimum absolute atomic E-state index is 0.127. The lowest BCUT2D eigenvalue weighted by Gasteiger charge is -2.27. The Morgan fingerprint density at radius 1 is 1.32 bits per heavy atom. The van der Waals surface area contributed by atoms with Crippen LogP contribution in [0.5, 0.6) is 0 Å². The second-order valence-electron chi connectivity index (χ2n) is 5.02. The molecule has 5 heteroatoms. The average Bonchev–Trinajstić information content (AvgIpc) is 3.19. The Bertz CT molecular complexity index is 485. The SMILES string of the molecule is NC(=NC1CC1c1ccccc1F)N1CCSCC1. The van der Waals surface area contributed by atoms with E-state index in [1.807, 2.05) is 23.9 Å². The zero-order valence-electron chi connectivity index (χ0n) is 10.8. The van der Waals surface area contributed by atoms with Gasteiger partial charge in [0.1, 0.15) is 5.82 Å². The molecule has 3 nitrogen and oxygen atoms in total. The summed E-state index contributed by atoms with van der Waals surface area (Å²) < 4.78 is 13.7. The molecular weight excluding hydrogens is 261 g/mol. The number of nitrogens with two attached hydrogens (primary N) is 1. The van der Waals surface area contributed by atoms with Crippen molar-refractivity contribution in [2.24, 2.45) is 10.7 Å². The van der Waals surface area contributed by atoms with E-state index < -0.39 is 0 Å². The van der Waals surface area contributed by atoms with Crippen LogP contribution < -0.4 is 5.73 Å². The van der Waals surface area contributed by atoms with Gasteiger partial charge in [-0.2, -0.15) is 11.8 Å². The van der Waals surface area contributed by atoms with E-state index in [9.17, 15) is 4.39 Å². The molecule has 19 heavy (non-hydrogen) atoms. The van der Waals surface area contributed by atoms with Gasteiger partial charge in [0, 0.05) is 30.5 Å². The molecule has 1 aromatic carbocycles. The maximum Gasteiger partial charge on any atom is 0.191 e. The summed E-state index contributed by atoms with van der Waals surface area (Å²) in [7, 11) is 0. The molecule has 2 atom stereocenters. The molecule has 1 saturated heterocycles. The van der Waals surface area contributed by atoms with Gasteiger partial charge >= 0.3 is 0 Å². The van der Waals surface area contributed by atoms with E-state index in [0.29, 0.717) is 5.96 Å². The topological polar surface area (TPSA) is 41.6 Å². The van der Waals surface area contributed by atoms with E-state index >= 15 is 0 Å². The molecule has 0 radical (unpaired) electrons. The van der Waals surface area contributed by atoms with Crippen molar-refractivity contribution in [1.29, 1.82) is 0 Å². The first-order valence-corrected chi connectivity index (χ1v) is 7.81. The Morgan fingerprint density at radius 3 is 2.79 bits per heavy atom. The Hall–Kier alpha value is -1.23. The predicted octanol–water partition coefficient (Wildman–Crippen LogP) is 2.05. The van der Waals surface area contributed by atoms with Crippen LogP contribution in [-0.4, -0.2) is 41.5 Å². The van der Waals surface area contributed by atoms with Crippen LogP contribution in [0.1, 0.15) is 17.9 Å². The highest BCUT2D eigenvalue weighted by molar-refractivity contribution is 7.99. The molecule has 0 spiro atoms. The molecule has 1 aliphatic heterocycles. The summed E-state index contributed by atoms with van der Waals surface area (Å²) in [6.45, 7) is 1.94. The first-order chi connectivity index (χ1) is 9.25. The number of halogens is 1. The fourth-order valence-corrected chi connectivity index (χ4v) is 3.38. The molecule has 2 fully saturated rings. The molecular formula is C14H18FN3S. The molecule has 102 valence electrons. The van der Waals surface area contributed by atoms with Crippen LogP contribution in [0.15, 0.2) is 29.3 Å². The zero-order valence-corrected chi connectivity index (χ0v) is 11.6. The minimum atomic E-state index is -0.127. The predicted molar refractivity (Wildman–Crippen MR) is 78.1 cm³/mol. The summed E-state index contributed by atoms with van der Waals surface area (Å²) in [5, 5.41) is 0. The van der Waals surface area contributed by atoms with Gasteiger partial charge in [0.2, 0.25) is 0 Å². The third-order valence-corrected chi connectivity index (χ3v) is 4.64. The van der Waals surface area contributed by atoms with Crippen molar-refractivity contribution in [3.8, 4) is 0 Å². The first kappa shape index (κ1) is 12.8. The van der Waals surface area contributed by atoms with E-state index in [4.69, 9.17) is 5.73 Å². The quantitative estimate of drug-likeness (QED) is 0.665. The molecule has 2 N–H and O–H groups in total. The van der Waals surface area contributed by atoms with Gasteiger partial charge in [-0.25, -0.2) is 9.38 Å². The first-order valence-electron chi connectivity index (χ1n) is 6.66. The Kier molecular flexibility index (Phi) is 3.64. The van der Waals surface area contributed by atoms with E-state index in [1.165, 1.54) is 6.07 Å². The Morgan fingerprint density at radius 2 is 2.05 bits per heavy atom. The van der Waals surface area contributed by atoms with Crippen molar-refractivity contribution in [1.82, 2.24) is 4.90 Å². The van der Waals surface area contributed by atoms with Crippen LogP contribution in [-0.2, 0) is 0 Å². The number of thioether (sulfide) groups is 1. The van der Waals surface area contributed by atoms with Gasteiger partial charge in [-0.1, -0.05) is 18.2 Å². The summed E-state index contributed by atoms with van der Waals surface area (Å²) in [6.07, 6.45) is 0.907. The lowest BCUT2D eigenvalue weighted by molar-refractivity contribution is 0.455. The normalized spacial score (nSPS) is 27.4. The second-order valence-corrected chi connectivity index (χ2v) is 6.24. The third kappa shape index (κ3) is 2.86. The molecule has 1 aliphatic carbocycles. The number of rotatable bonds is 2. The van der Waals surface area contributed by atoms with Gasteiger partial charge in [0.25, 0.3) is 0 Å². The highest BCUT2D eigenvalue weighted by Gasteiger charge is 2.40. The van der Waals surface area contributed by atoms with Crippen molar-refractivity contribution < 1.29 is 4.39 Å². The monoisotopic (exact) mass is 279 g/mol. The number of benzene rings is 1.